The van der Waals surface area contributed by atoms with Gasteiger partial charge in [0.15, 0.2) is 0 Å². The molecular formula is C19H24N4O2S. The van der Waals surface area contributed by atoms with Gasteiger partial charge in [0.2, 0.25) is 16.9 Å². The Morgan fingerprint density at radius 3 is 2.69 bits per heavy atom. The van der Waals surface area contributed by atoms with Gasteiger partial charge in [0.1, 0.15) is 5.01 Å². The Hall–Kier alpha value is -2.28. The number of carbonyl (C=O) groups excluding carboxylic acids is 2. The van der Waals surface area contributed by atoms with Crippen LogP contribution in [0, 0.1) is 5.92 Å². The van der Waals surface area contributed by atoms with E-state index in [1.807, 2.05) is 30.9 Å². The molecule has 1 aliphatic rings. The van der Waals surface area contributed by atoms with Crippen LogP contribution in [0.3, 0.4) is 0 Å². The summed E-state index contributed by atoms with van der Waals surface area (Å²) >= 11 is 1.36. The summed E-state index contributed by atoms with van der Waals surface area (Å²) in [6.07, 6.45) is 1.86. The molecule has 1 aromatic carbocycles. The molecule has 1 atom stereocenters. The Bertz CT molecular complexity index is 785. The molecule has 1 fully saturated rings. The third kappa shape index (κ3) is 4.27. The first-order chi connectivity index (χ1) is 12.5. The first-order valence-corrected chi connectivity index (χ1v) is 9.80. The Kier molecular flexibility index (Phi) is 5.66. The third-order valence-corrected chi connectivity index (χ3v) is 5.41. The summed E-state index contributed by atoms with van der Waals surface area (Å²) in [6, 6.07) is 8.11. The molecule has 0 radical (unpaired) electrons. The zero-order valence-corrected chi connectivity index (χ0v) is 16.2. The highest BCUT2D eigenvalue weighted by molar-refractivity contribution is 7.15. The average molecular weight is 372 g/mol. The molecule has 0 saturated carbocycles. The number of aryl methyl sites for hydroxylation is 1. The van der Waals surface area contributed by atoms with Gasteiger partial charge >= 0.3 is 0 Å². The highest BCUT2D eigenvalue weighted by Crippen LogP contribution is 2.34. The highest BCUT2D eigenvalue weighted by Gasteiger charge is 2.33. The number of anilines is 2. The molecule has 138 valence electrons. The lowest BCUT2D eigenvalue weighted by atomic mass is 10.1. The number of benzene rings is 1. The van der Waals surface area contributed by atoms with Crippen LogP contribution in [0.15, 0.2) is 24.3 Å². The molecule has 3 rings (SSSR count). The van der Waals surface area contributed by atoms with Crippen LogP contribution in [0.5, 0.6) is 0 Å². The second kappa shape index (κ2) is 7.95. The Balaban J connectivity index is 1.66. The number of hydrogen-bond donors (Lipinski definition) is 1. The summed E-state index contributed by atoms with van der Waals surface area (Å²) in [5.41, 5.74) is 2.17. The molecule has 2 aromatic rings. The van der Waals surface area contributed by atoms with E-state index in [-0.39, 0.29) is 17.7 Å². The van der Waals surface area contributed by atoms with Gasteiger partial charge in [-0.05, 0) is 30.0 Å². The van der Waals surface area contributed by atoms with E-state index in [0.29, 0.717) is 30.4 Å². The Morgan fingerprint density at radius 1 is 1.31 bits per heavy atom. The predicted octanol–water partition coefficient (Wildman–Crippen LogP) is 3.61. The SMILES string of the molecule is CCc1ccc(N2C[C@@H](c3nnc(NC(=O)CC(C)C)s3)CC2=O)cc1. The van der Waals surface area contributed by atoms with Gasteiger partial charge in [0.25, 0.3) is 0 Å². The number of hydrogen-bond acceptors (Lipinski definition) is 5. The molecule has 0 spiro atoms. The van der Waals surface area contributed by atoms with Gasteiger partial charge in [0, 0.05) is 31.0 Å². The van der Waals surface area contributed by atoms with Crippen LogP contribution in [0.2, 0.25) is 0 Å². The quantitative estimate of drug-likeness (QED) is 0.840. The second-order valence-electron chi connectivity index (χ2n) is 7.02. The lowest BCUT2D eigenvalue weighted by Gasteiger charge is -2.16. The van der Waals surface area contributed by atoms with Crippen LogP contribution >= 0.6 is 11.3 Å². The first kappa shape index (κ1) is 18.5. The van der Waals surface area contributed by atoms with Crippen molar-refractivity contribution in [2.24, 2.45) is 5.92 Å². The van der Waals surface area contributed by atoms with Crippen LogP contribution in [0.25, 0.3) is 0 Å². The number of nitrogens with zero attached hydrogens (tertiary/aromatic N) is 3. The minimum atomic E-state index is -0.0529. The zero-order valence-electron chi connectivity index (χ0n) is 15.4. The monoisotopic (exact) mass is 372 g/mol. The maximum Gasteiger partial charge on any atom is 0.227 e. The van der Waals surface area contributed by atoms with Crippen molar-refractivity contribution >= 4 is 34.0 Å². The molecule has 0 bridgehead atoms. The minimum absolute atomic E-state index is 0.0154. The maximum absolute atomic E-state index is 12.4. The van der Waals surface area contributed by atoms with Crippen LogP contribution in [0.1, 0.15) is 50.1 Å². The summed E-state index contributed by atoms with van der Waals surface area (Å²) < 4.78 is 0. The fraction of sp³-hybridized carbons (Fsp3) is 0.474. The van der Waals surface area contributed by atoms with E-state index in [1.54, 1.807) is 0 Å². The molecule has 0 aliphatic carbocycles. The van der Waals surface area contributed by atoms with Gasteiger partial charge in [0.05, 0.1) is 0 Å². The van der Waals surface area contributed by atoms with Gasteiger partial charge in [-0.25, -0.2) is 0 Å². The van der Waals surface area contributed by atoms with E-state index in [2.05, 4.69) is 34.6 Å². The zero-order chi connectivity index (χ0) is 18.7. The molecule has 2 heterocycles. The topological polar surface area (TPSA) is 75.2 Å². The largest absolute Gasteiger partial charge is 0.312 e. The van der Waals surface area contributed by atoms with Crippen molar-refractivity contribution in [2.75, 3.05) is 16.8 Å². The van der Waals surface area contributed by atoms with Crippen molar-refractivity contribution in [3.05, 3.63) is 34.8 Å². The van der Waals surface area contributed by atoms with Crippen molar-refractivity contribution in [2.45, 2.75) is 46.0 Å². The molecule has 1 N–H and O–H groups in total. The van der Waals surface area contributed by atoms with Crippen molar-refractivity contribution in [1.82, 2.24) is 10.2 Å². The van der Waals surface area contributed by atoms with Crippen LogP contribution < -0.4 is 10.2 Å². The summed E-state index contributed by atoms with van der Waals surface area (Å²) in [4.78, 5) is 26.1. The highest BCUT2D eigenvalue weighted by atomic mass is 32.1. The number of carbonyl (C=O) groups is 2. The van der Waals surface area contributed by atoms with Gasteiger partial charge in [-0.15, -0.1) is 10.2 Å². The number of rotatable bonds is 6. The molecule has 26 heavy (non-hydrogen) atoms. The van der Waals surface area contributed by atoms with E-state index in [4.69, 9.17) is 0 Å². The Morgan fingerprint density at radius 2 is 2.04 bits per heavy atom. The molecule has 0 unspecified atom stereocenters. The van der Waals surface area contributed by atoms with Crippen molar-refractivity contribution in [3.63, 3.8) is 0 Å². The average Bonchev–Trinajstić information content (AvgIpc) is 3.21. The van der Waals surface area contributed by atoms with Crippen LogP contribution in [0.4, 0.5) is 10.8 Å². The number of aromatic nitrogens is 2. The molecule has 1 aromatic heterocycles. The van der Waals surface area contributed by atoms with Crippen molar-refractivity contribution in [3.8, 4) is 0 Å². The first-order valence-electron chi connectivity index (χ1n) is 8.98. The van der Waals surface area contributed by atoms with Crippen LogP contribution in [-0.2, 0) is 16.0 Å². The van der Waals surface area contributed by atoms with Gasteiger partial charge in [-0.3, -0.25) is 9.59 Å². The second-order valence-corrected chi connectivity index (χ2v) is 8.03. The van der Waals surface area contributed by atoms with E-state index < -0.39 is 0 Å². The smallest absolute Gasteiger partial charge is 0.227 e. The van der Waals surface area contributed by atoms with E-state index >= 15 is 0 Å². The summed E-state index contributed by atoms with van der Waals surface area (Å²) in [5.74, 6) is 0.354. The molecular weight excluding hydrogens is 348 g/mol. The predicted molar refractivity (Wildman–Crippen MR) is 104 cm³/mol. The van der Waals surface area contributed by atoms with Crippen LogP contribution in [-0.4, -0.2) is 28.6 Å². The molecule has 7 heteroatoms. The van der Waals surface area contributed by atoms with Gasteiger partial charge < -0.3 is 10.2 Å². The molecule has 1 saturated heterocycles. The van der Waals surface area contributed by atoms with E-state index in [0.717, 1.165) is 17.1 Å². The third-order valence-electron chi connectivity index (χ3n) is 4.41. The lowest BCUT2D eigenvalue weighted by Crippen LogP contribution is -2.24. The standard InChI is InChI=1S/C19H24N4O2S/c1-4-13-5-7-15(8-6-13)23-11-14(10-17(23)25)18-21-22-19(26-18)20-16(24)9-12(2)3/h5-8,12,14H,4,9-11H2,1-3H3,(H,20,22,24)/t14-/m0/s1. The van der Waals surface area contributed by atoms with E-state index in [9.17, 15) is 9.59 Å². The molecule has 2 amide bonds. The normalized spacial score (nSPS) is 17.2. The summed E-state index contributed by atoms with van der Waals surface area (Å²) in [5, 5.41) is 12.3. The fourth-order valence-electron chi connectivity index (χ4n) is 3.03. The maximum atomic E-state index is 12.4. The summed E-state index contributed by atoms with van der Waals surface area (Å²) in [7, 11) is 0. The summed E-state index contributed by atoms with van der Waals surface area (Å²) in [6.45, 7) is 6.70. The lowest BCUT2D eigenvalue weighted by molar-refractivity contribution is -0.117. The molecule has 1 aliphatic heterocycles. The Labute approximate surface area is 157 Å². The van der Waals surface area contributed by atoms with Gasteiger partial charge in [-0.2, -0.15) is 0 Å². The minimum Gasteiger partial charge on any atom is -0.312 e. The fourth-order valence-corrected chi connectivity index (χ4v) is 3.88. The number of nitrogens with one attached hydrogen (secondary N) is 1. The number of amides is 2. The van der Waals surface area contributed by atoms with E-state index in [1.165, 1.54) is 16.9 Å². The van der Waals surface area contributed by atoms with Crippen molar-refractivity contribution < 1.29 is 9.59 Å². The molecule has 6 nitrogen and oxygen atoms in total. The van der Waals surface area contributed by atoms with Crippen molar-refractivity contribution in [1.29, 1.82) is 0 Å². The van der Waals surface area contributed by atoms with Gasteiger partial charge in [-0.1, -0.05) is 44.2 Å².